The first kappa shape index (κ1) is 20.1. The highest BCUT2D eigenvalue weighted by atomic mass is 16.5. The third-order valence-electron chi connectivity index (χ3n) is 5.82. The minimum absolute atomic E-state index is 0.00992. The van der Waals surface area contributed by atoms with E-state index in [1.54, 1.807) is 18.3 Å². The fourth-order valence-corrected chi connectivity index (χ4v) is 4.35. The average Bonchev–Trinajstić information content (AvgIpc) is 3.28. The minimum Gasteiger partial charge on any atom is -0.493 e. The molecule has 2 aliphatic heterocycles. The summed E-state index contributed by atoms with van der Waals surface area (Å²) in [5.74, 6) is 1.39. The summed E-state index contributed by atoms with van der Waals surface area (Å²) in [7, 11) is 0. The Kier molecular flexibility index (Phi) is 5.58. The van der Waals surface area contributed by atoms with Gasteiger partial charge in [-0.1, -0.05) is 13.8 Å². The number of fused-ring (bicyclic) bond motifs is 2. The van der Waals surface area contributed by atoms with Gasteiger partial charge in [-0.05, 0) is 56.4 Å². The van der Waals surface area contributed by atoms with Gasteiger partial charge in [0, 0.05) is 23.5 Å². The number of aryl methyl sites for hydroxylation is 1. The molecule has 1 N–H and O–H groups in total. The number of benzene rings is 1. The molecule has 30 heavy (non-hydrogen) atoms. The molecule has 0 saturated carbocycles. The first-order valence-corrected chi connectivity index (χ1v) is 10.5. The van der Waals surface area contributed by atoms with E-state index >= 15 is 0 Å². The van der Waals surface area contributed by atoms with Gasteiger partial charge in [-0.2, -0.15) is 5.26 Å². The van der Waals surface area contributed by atoms with Crippen molar-refractivity contribution in [3.05, 3.63) is 41.7 Å². The molecule has 1 amide bonds. The van der Waals surface area contributed by atoms with Gasteiger partial charge < -0.3 is 15.0 Å². The average molecular weight is 406 g/mol. The monoisotopic (exact) mass is 405 g/mol. The molecule has 2 fully saturated rings. The Balaban J connectivity index is 1.57. The summed E-state index contributed by atoms with van der Waals surface area (Å²) < 4.78 is 6.03. The van der Waals surface area contributed by atoms with Crippen LogP contribution in [0.1, 0.15) is 49.2 Å². The lowest BCUT2D eigenvalue weighted by Gasteiger charge is -2.22. The Morgan fingerprint density at radius 1 is 1.37 bits per heavy atom. The molecular weight excluding hydrogens is 378 g/mol. The lowest BCUT2D eigenvalue weighted by Crippen LogP contribution is -2.43. The van der Waals surface area contributed by atoms with Gasteiger partial charge in [-0.3, -0.25) is 4.79 Å². The van der Waals surface area contributed by atoms with Crippen LogP contribution >= 0.6 is 0 Å². The van der Waals surface area contributed by atoms with E-state index in [2.05, 4.69) is 35.3 Å². The van der Waals surface area contributed by atoms with Crippen LogP contribution in [0.2, 0.25) is 0 Å². The molecule has 1 aromatic carbocycles. The predicted molar refractivity (Wildman–Crippen MR) is 113 cm³/mol. The third-order valence-corrected chi connectivity index (χ3v) is 5.82. The molecule has 156 valence electrons. The van der Waals surface area contributed by atoms with Crippen molar-refractivity contribution < 1.29 is 9.53 Å². The predicted octanol–water partition coefficient (Wildman–Crippen LogP) is 3.30. The second-order valence-corrected chi connectivity index (χ2v) is 8.56. The number of amides is 1. The topological polar surface area (TPSA) is 91.1 Å². The third kappa shape index (κ3) is 3.95. The van der Waals surface area contributed by atoms with Crippen LogP contribution in [0, 0.1) is 24.3 Å². The zero-order chi connectivity index (χ0) is 21.3. The quantitative estimate of drug-likeness (QED) is 0.742. The molecule has 4 rings (SSSR count). The van der Waals surface area contributed by atoms with Gasteiger partial charge in [-0.25, -0.2) is 9.97 Å². The van der Waals surface area contributed by atoms with Crippen LogP contribution < -0.4 is 10.1 Å². The number of carbonyl (C=O) groups is 1. The number of aromatic nitrogens is 2. The number of hydrogen-bond donors (Lipinski definition) is 1. The molecule has 0 radical (unpaired) electrons. The van der Waals surface area contributed by atoms with E-state index < -0.39 is 0 Å². The van der Waals surface area contributed by atoms with Crippen molar-refractivity contribution in [1.29, 1.82) is 5.26 Å². The SMILES string of the molecule is Cc1ccnc(-c2ccc(C(=O)N[C@@H]3C[C@@H]4CC[C@H]3N4C#N)cc2OCC(C)C)n1. The molecule has 0 aliphatic carbocycles. The molecular formula is C23H27N5O2. The Labute approximate surface area is 177 Å². The zero-order valence-electron chi connectivity index (χ0n) is 17.6. The Bertz CT molecular complexity index is 984. The maximum absolute atomic E-state index is 13.0. The summed E-state index contributed by atoms with van der Waals surface area (Å²) in [4.78, 5) is 23.7. The highest BCUT2D eigenvalue weighted by Gasteiger charge is 2.46. The van der Waals surface area contributed by atoms with Gasteiger partial charge in [0.15, 0.2) is 12.0 Å². The molecule has 2 aromatic rings. The first-order valence-electron chi connectivity index (χ1n) is 10.5. The fraction of sp³-hybridized carbons (Fsp3) is 0.478. The second-order valence-electron chi connectivity index (χ2n) is 8.56. The molecule has 2 bridgehead atoms. The van der Waals surface area contributed by atoms with Crippen LogP contribution in [0.3, 0.4) is 0 Å². The van der Waals surface area contributed by atoms with Gasteiger partial charge in [0.05, 0.1) is 24.3 Å². The molecule has 1 aromatic heterocycles. The van der Waals surface area contributed by atoms with Crippen molar-refractivity contribution in [1.82, 2.24) is 20.2 Å². The van der Waals surface area contributed by atoms with Crippen molar-refractivity contribution in [2.45, 2.75) is 58.2 Å². The summed E-state index contributed by atoms with van der Waals surface area (Å²) in [5, 5.41) is 12.5. The van der Waals surface area contributed by atoms with Gasteiger partial charge in [0.1, 0.15) is 5.75 Å². The van der Waals surface area contributed by atoms with Gasteiger partial charge in [0.25, 0.3) is 5.91 Å². The molecule has 0 unspecified atom stereocenters. The largest absolute Gasteiger partial charge is 0.493 e. The van der Waals surface area contributed by atoms with E-state index in [1.807, 2.05) is 24.0 Å². The van der Waals surface area contributed by atoms with Crippen molar-refractivity contribution in [2.75, 3.05) is 6.61 Å². The normalized spacial score (nSPS) is 22.2. The van der Waals surface area contributed by atoms with Gasteiger partial charge >= 0.3 is 0 Å². The number of ether oxygens (including phenoxy) is 1. The summed E-state index contributed by atoms with van der Waals surface area (Å²) in [5.41, 5.74) is 2.18. The molecule has 2 saturated heterocycles. The van der Waals surface area contributed by atoms with Crippen LogP contribution in [-0.4, -0.2) is 45.5 Å². The van der Waals surface area contributed by atoms with E-state index in [0.717, 1.165) is 30.5 Å². The van der Waals surface area contributed by atoms with E-state index in [9.17, 15) is 10.1 Å². The minimum atomic E-state index is -0.142. The Morgan fingerprint density at radius 3 is 2.90 bits per heavy atom. The maximum atomic E-state index is 13.0. The van der Waals surface area contributed by atoms with Gasteiger partial charge in [-0.15, -0.1) is 0 Å². The molecule has 2 aliphatic rings. The molecule has 3 heterocycles. The second kappa shape index (κ2) is 8.31. The summed E-state index contributed by atoms with van der Waals surface area (Å²) >= 11 is 0. The lowest BCUT2D eigenvalue weighted by atomic mass is 9.95. The summed E-state index contributed by atoms with van der Waals surface area (Å²) in [6.45, 7) is 6.61. The van der Waals surface area contributed by atoms with Crippen LogP contribution in [0.25, 0.3) is 11.4 Å². The van der Waals surface area contributed by atoms with Crippen LogP contribution in [0.15, 0.2) is 30.5 Å². The van der Waals surface area contributed by atoms with Crippen molar-refractivity contribution >= 4 is 5.91 Å². The fourth-order valence-electron chi connectivity index (χ4n) is 4.35. The Morgan fingerprint density at radius 2 is 2.20 bits per heavy atom. The number of carbonyl (C=O) groups excluding carboxylic acids is 1. The van der Waals surface area contributed by atoms with E-state index in [0.29, 0.717) is 29.7 Å². The highest BCUT2D eigenvalue weighted by molar-refractivity contribution is 5.95. The number of hydrogen-bond acceptors (Lipinski definition) is 6. The lowest BCUT2D eigenvalue weighted by molar-refractivity contribution is 0.0928. The number of rotatable bonds is 6. The molecule has 0 spiro atoms. The van der Waals surface area contributed by atoms with Crippen LogP contribution in [0.4, 0.5) is 0 Å². The number of nitrogens with one attached hydrogen (secondary N) is 1. The Hall–Kier alpha value is -3.14. The van der Waals surface area contributed by atoms with Crippen molar-refractivity contribution in [3.63, 3.8) is 0 Å². The van der Waals surface area contributed by atoms with E-state index in [-0.39, 0.29) is 24.0 Å². The smallest absolute Gasteiger partial charge is 0.251 e. The standard InChI is InChI=1S/C23H27N5O2/c1-14(2)12-30-21-10-16(4-6-18(21)22-25-9-8-15(3)26-22)23(29)27-19-11-17-5-7-20(19)28(17)13-24/h4,6,8-10,14,17,19-20H,5,7,11-12H2,1-3H3,(H,27,29)/t17-,19+,20+/m0/s1. The molecule has 3 atom stereocenters. The maximum Gasteiger partial charge on any atom is 0.251 e. The summed E-state index contributed by atoms with van der Waals surface area (Å²) in [6.07, 6.45) is 6.82. The van der Waals surface area contributed by atoms with Crippen molar-refractivity contribution in [3.8, 4) is 23.3 Å². The zero-order valence-corrected chi connectivity index (χ0v) is 17.6. The van der Waals surface area contributed by atoms with Crippen molar-refractivity contribution in [2.24, 2.45) is 5.92 Å². The number of nitrogens with zero attached hydrogens (tertiary/aromatic N) is 4. The molecule has 7 nitrogen and oxygen atoms in total. The van der Waals surface area contributed by atoms with Crippen LogP contribution in [-0.2, 0) is 0 Å². The van der Waals surface area contributed by atoms with Crippen LogP contribution in [0.5, 0.6) is 5.75 Å². The molecule has 7 heteroatoms. The van der Waals surface area contributed by atoms with Gasteiger partial charge in [0.2, 0.25) is 0 Å². The highest BCUT2D eigenvalue weighted by Crippen LogP contribution is 2.37. The van der Waals surface area contributed by atoms with E-state index in [4.69, 9.17) is 4.74 Å². The first-order chi connectivity index (χ1) is 14.5. The summed E-state index contributed by atoms with van der Waals surface area (Å²) in [6, 6.07) is 7.64. The van der Waals surface area contributed by atoms with E-state index in [1.165, 1.54) is 0 Å². The number of nitriles is 1.